The highest BCUT2D eigenvalue weighted by molar-refractivity contribution is 5.70. The van der Waals surface area contributed by atoms with Gasteiger partial charge in [0, 0.05) is 6.42 Å². The van der Waals surface area contributed by atoms with E-state index in [1.165, 1.54) is 64.2 Å². The Kier molecular flexibility index (Phi) is 39.5. The van der Waals surface area contributed by atoms with E-state index in [0.29, 0.717) is 17.4 Å². The minimum absolute atomic E-state index is 0.206. The first-order chi connectivity index (χ1) is 28.2. The van der Waals surface area contributed by atoms with Crippen LogP contribution in [-0.4, -0.2) is 86.5 Å². The maximum absolute atomic E-state index is 12.0. The summed E-state index contributed by atoms with van der Waals surface area (Å²) < 4.78 is 16.2. The molecule has 0 saturated heterocycles. The van der Waals surface area contributed by atoms with Gasteiger partial charge in [-0.1, -0.05) is 168 Å². The average molecular weight is 811 g/mol. The molecule has 0 spiro atoms. The molecule has 8 nitrogen and oxygen atoms in total. The predicted molar refractivity (Wildman–Crippen MR) is 244 cm³/mol. The van der Waals surface area contributed by atoms with Gasteiger partial charge in [0.1, 0.15) is 19.3 Å². The second-order valence-corrected chi connectivity index (χ2v) is 15.8. The van der Waals surface area contributed by atoms with E-state index in [1.54, 1.807) is 0 Å². The number of aliphatic hydroxyl groups is 1. The van der Waals surface area contributed by atoms with Gasteiger partial charge in [-0.2, -0.15) is 0 Å². The number of ether oxygens (including phenoxy) is 3. The normalized spacial score (nSPS) is 14.0. The molecule has 58 heavy (non-hydrogen) atoms. The largest absolute Gasteiger partial charge is 0.477 e. The van der Waals surface area contributed by atoms with Crippen molar-refractivity contribution in [2.24, 2.45) is 0 Å². The molecule has 0 heterocycles. The first kappa shape index (κ1) is 54.7. The molecule has 2 N–H and O–H groups in total. The van der Waals surface area contributed by atoms with Crippen LogP contribution in [0.1, 0.15) is 148 Å². The number of aliphatic carboxylic acids is 1. The fraction of sp³-hybridized carbons (Fsp3) is 0.640. The van der Waals surface area contributed by atoms with Gasteiger partial charge < -0.3 is 28.9 Å². The highest BCUT2D eigenvalue weighted by Crippen LogP contribution is 2.14. The Morgan fingerprint density at radius 1 is 0.517 bits per heavy atom. The number of carbonyl (C=O) groups is 2. The molecule has 0 amide bonds. The molecule has 0 aromatic rings. The molecule has 8 heteroatoms. The Hall–Kier alpha value is -3.30. The standard InChI is InChI=1S/C50H83NO7/c1-5-6-7-8-9-10-11-12-13-14-15-16-17-18-19-20-21-22-23-24-25-26-27-28-29-30-31-32-33-34-35-36-37-38-39-40-41-42-48(53)57-45-47(52)46-58-50(49(54)55)56-44-43-51(2,3)4/h6-7,9-10,12-13,15-16,18-19,21-22,24-25,27-28,47,50,52H,5,8,11,14,17,20,23,26,29-46H2,1-4H3/p+1/b7-6-,10-9-,13-12-,16-15-,19-18-,22-21-,25-24-,28-27-. The van der Waals surface area contributed by atoms with E-state index in [1.807, 2.05) is 21.1 Å². The molecule has 0 radical (unpaired) electrons. The van der Waals surface area contributed by atoms with Gasteiger partial charge in [-0.15, -0.1) is 0 Å². The van der Waals surface area contributed by atoms with Crippen molar-refractivity contribution < 1.29 is 38.5 Å². The lowest BCUT2D eigenvalue weighted by Crippen LogP contribution is -2.40. The average Bonchev–Trinajstić information content (AvgIpc) is 3.19. The number of likely N-dealkylation sites (N-methyl/N-ethyl adjacent to an activating group) is 1. The van der Waals surface area contributed by atoms with Crippen LogP contribution in [0.5, 0.6) is 0 Å². The minimum atomic E-state index is -1.47. The summed E-state index contributed by atoms with van der Waals surface area (Å²) in [5, 5.41) is 19.3. The zero-order valence-electron chi connectivity index (χ0n) is 37.2. The molecular formula is C50H84NO7+. The maximum Gasteiger partial charge on any atom is 0.361 e. The number of nitrogens with zero attached hydrogens (tertiary/aromatic N) is 1. The summed E-state index contributed by atoms with van der Waals surface area (Å²) in [7, 11) is 5.91. The van der Waals surface area contributed by atoms with E-state index < -0.39 is 18.4 Å². The Labute approximate surface area is 354 Å². The Morgan fingerprint density at radius 2 is 0.897 bits per heavy atom. The summed E-state index contributed by atoms with van der Waals surface area (Å²) in [5.41, 5.74) is 0. The Bertz CT molecular complexity index is 1200. The molecule has 0 rings (SSSR count). The van der Waals surface area contributed by atoms with E-state index in [2.05, 4.69) is 104 Å². The zero-order valence-corrected chi connectivity index (χ0v) is 37.2. The summed E-state index contributed by atoms with van der Waals surface area (Å²) in [6, 6.07) is 0. The summed E-state index contributed by atoms with van der Waals surface area (Å²) in [5.74, 6) is -1.62. The lowest BCUT2D eigenvalue weighted by Gasteiger charge is -2.24. The van der Waals surface area contributed by atoms with Crippen LogP contribution >= 0.6 is 0 Å². The highest BCUT2D eigenvalue weighted by Gasteiger charge is 2.22. The van der Waals surface area contributed by atoms with Crippen LogP contribution in [0.3, 0.4) is 0 Å². The van der Waals surface area contributed by atoms with Crippen molar-refractivity contribution in [1.82, 2.24) is 0 Å². The summed E-state index contributed by atoms with van der Waals surface area (Å²) in [4.78, 5) is 23.3. The van der Waals surface area contributed by atoms with Crippen molar-refractivity contribution in [1.29, 1.82) is 0 Å². The van der Waals surface area contributed by atoms with E-state index in [9.17, 15) is 19.8 Å². The van der Waals surface area contributed by atoms with Gasteiger partial charge in [-0.05, 0) is 70.6 Å². The summed E-state index contributed by atoms with van der Waals surface area (Å²) in [6.07, 6.45) is 57.5. The highest BCUT2D eigenvalue weighted by atomic mass is 16.7. The van der Waals surface area contributed by atoms with Crippen molar-refractivity contribution in [3.05, 3.63) is 97.2 Å². The zero-order chi connectivity index (χ0) is 42.6. The predicted octanol–water partition coefficient (Wildman–Crippen LogP) is 12.1. The molecule has 0 aromatic heterocycles. The monoisotopic (exact) mass is 811 g/mol. The molecule has 0 fully saturated rings. The van der Waals surface area contributed by atoms with Gasteiger partial charge in [0.05, 0.1) is 34.4 Å². The topological polar surface area (TPSA) is 102 Å². The number of aliphatic hydroxyl groups excluding tert-OH is 1. The van der Waals surface area contributed by atoms with Crippen molar-refractivity contribution in [2.45, 2.75) is 161 Å². The number of carboxylic acids is 1. The SMILES string of the molecule is CC/C=C\C/C=C\C/C=C\C/C=C\C/C=C\C/C=C\C/C=C\C/C=C\CCCCCCCCCCCCCCC(=O)OCC(O)COC(OCC[N+](C)(C)C)C(=O)O. The molecule has 0 aliphatic rings. The third-order valence-electron chi connectivity index (χ3n) is 9.09. The van der Waals surface area contributed by atoms with E-state index >= 15 is 0 Å². The number of carboxylic acid groups (broad SMARTS) is 1. The van der Waals surface area contributed by atoms with Gasteiger partial charge in [-0.25, -0.2) is 4.79 Å². The smallest absolute Gasteiger partial charge is 0.361 e. The number of hydrogen-bond donors (Lipinski definition) is 2. The van der Waals surface area contributed by atoms with Gasteiger partial charge in [0.15, 0.2) is 0 Å². The minimum Gasteiger partial charge on any atom is -0.477 e. The van der Waals surface area contributed by atoms with Crippen LogP contribution in [0.15, 0.2) is 97.2 Å². The van der Waals surface area contributed by atoms with Crippen molar-refractivity contribution in [3.63, 3.8) is 0 Å². The van der Waals surface area contributed by atoms with Crippen LogP contribution in [0.2, 0.25) is 0 Å². The summed E-state index contributed by atoms with van der Waals surface area (Å²) in [6.45, 7) is 2.46. The van der Waals surface area contributed by atoms with Crippen LogP contribution in [0, 0.1) is 0 Å². The fourth-order valence-corrected chi connectivity index (χ4v) is 5.61. The number of hydrogen-bond acceptors (Lipinski definition) is 6. The molecule has 0 aliphatic carbocycles. The van der Waals surface area contributed by atoms with E-state index in [0.717, 1.165) is 70.6 Å². The third kappa shape index (κ3) is 43.8. The molecule has 2 atom stereocenters. The molecule has 0 aliphatic heterocycles. The van der Waals surface area contributed by atoms with Crippen LogP contribution in [0.4, 0.5) is 0 Å². The molecule has 0 bridgehead atoms. The van der Waals surface area contributed by atoms with Crippen molar-refractivity contribution >= 4 is 11.9 Å². The van der Waals surface area contributed by atoms with Crippen LogP contribution in [-0.2, 0) is 23.8 Å². The van der Waals surface area contributed by atoms with Crippen LogP contribution in [0.25, 0.3) is 0 Å². The first-order valence-corrected chi connectivity index (χ1v) is 22.5. The fourth-order valence-electron chi connectivity index (χ4n) is 5.61. The van der Waals surface area contributed by atoms with Gasteiger partial charge in [0.25, 0.3) is 6.29 Å². The molecule has 0 aromatic carbocycles. The number of unbranched alkanes of at least 4 members (excludes halogenated alkanes) is 12. The van der Waals surface area contributed by atoms with Crippen LogP contribution < -0.4 is 0 Å². The number of quaternary nitrogens is 1. The number of rotatable bonds is 40. The number of esters is 1. The second-order valence-electron chi connectivity index (χ2n) is 15.8. The lowest BCUT2D eigenvalue weighted by atomic mass is 10.0. The van der Waals surface area contributed by atoms with Crippen molar-refractivity contribution in [3.8, 4) is 0 Å². The first-order valence-electron chi connectivity index (χ1n) is 22.5. The Balaban J connectivity index is 3.55. The van der Waals surface area contributed by atoms with Gasteiger partial charge >= 0.3 is 11.9 Å². The Morgan fingerprint density at radius 3 is 1.29 bits per heavy atom. The van der Waals surface area contributed by atoms with Gasteiger partial charge in [-0.3, -0.25) is 4.79 Å². The summed E-state index contributed by atoms with van der Waals surface area (Å²) >= 11 is 0. The van der Waals surface area contributed by atoms with E-state index in [4.69, 9.17) is 14.2 Å². The lowest BCUT2D eigenvalue weighted by molar-refractivity contribution is -0.870. The van der Waals surface area contributed by atoms with Gasteiger partial charge in [0.2, 0.25) is 0 Å². The van der Waals surface area contributed by atoms with Crippen molar-refractivity contribution in [2.75, 3.05) is 47.5 Å². The second kappa shape index (κ2) is 41.8. The quantitative estimate of drug-likeness (QED) is 0.0209. The number of allylic oxidation sites excluding steroid dienone is 16. The third-order valence-corrected chi connectivity index (χ3v) is 9.09. The molecular weight excluding hydrogens is 727 g/mol. The molecule has 0 saturated carbocycles. The molecule has 330 valence electrons. The maximum atomic E-state index is 12.0. The number of carbonyl (C=O) groups excluding carboxylic acids is 1. The van der Waals surface area contributed by atoms with E-state index in [-0.39, 0.29) is 25.8 Å². The molecule has 2 unspecified atom stereocenters.